The Kier molecular flexibility index (Phi) is 11.9. The lowest BCUT2D eigenvalue weighted by atomic mass is 9.82. The van der Waals surface area contributed by atoms with Crippen LogP contribution in [0.15, 0.2) is 132 Å². The largest absolute Gasteiger partial charge is 0.385 e. The number of hydrogen-bond donors (Lipinski definition) is 0. The lowest BCUT2D eigenvalue weighted by Crippen LogP contribution is -2.28. The molecule has 0 N–H and O–H groups in total. The molecule has 4 aromatic carbocycles. The minimum atomic E-state index is -0.125. The molecule has 0 amide bonds. The highest BCUT2D eigenvalue weighted by Crippen LogP contribution is 2.50. The molecule has 7 rings (SSSR count). The smallest absolute Gasteiger partial charge is 0.211 e. The summed E-state index contributed by atoms with van der Waals surface area (Å²) in [5.74, 6) is 0.337. The monoisotopic (exact) mass is 748 g/mol. The zero-order valence-electron chi connectivity index (χ0n) is 35.1. The van der Waals surface area contributed by atoms with Crippen molar-refractivity contribution in [3.05, 3.63) is 155 Å². The Hall–Kier alpha value is -4.71. The molecule has 3 aliphatic rings. The Bertz CT molecular complexity index is 2100. The van der Waals surface area contributed by atoms with E-state index in [0.717, 1.165) is 58.4 Å². The van der Waals surface area contributed by atoms with E-state index in [4.69, 9.17) is 9.47 Å². The first kappa shape index (κ1) is 39.5. The van der Waals surface area contributed by atoms with Gasteiger partial charge in [-0.05, 0) is 75.3 Å². The molecule has 292 valence electrons. The van der Waals surface area contributed by atoms with Crippen LogP contribution in [0, 0.1) is 19.8 Å². The number of fused-ring (bicyclic) bond motifs is 2. The third-order valence-corrected chi connectivity index (χ3v) is 12.3. The Morgan fingerprint density at radius 1 is 0.661 bits per heavy atom. The molecule has 0 aromatic heterocycles. The van der Waals surface area contributed by atoms with Gasteiger partial charge in [0, 0.05) is 110 Å². The molecule has 56 heavy (non-hydrogen) atoms. The van der Waals surface area contributed by atoms with Gasteiger partial charge < -0.3 is 19.3 Å². The maximum absolute atomic E-state index is 5.53. The highest BCUT2D eigenvalue weighted by atomic mass is 16.5. The molecule has 1 saturated carbocycles. The van der Waals surface area contributed by atoms with Crippen LogP contribution in [0.2, 0.25) is 0 Å². The molecule has 1 fully saturated rings. The number of ether oxygens (including phenoxy) is 2. The summed E-state index contributed by atoms with van der Waals surface area (Å²) in [7, 11) is 3.60. The third-order valence-electron chi connectivity index (χ3n) is 12.3. The number of rotatable bonds is 13. The zero-order chi connectivity index (χ0) is 39.5. The SMILES string of the molecule is COCCCN1C(=CCC2CC/C(=C/C=C3\N(CCCOC)c4ccc(C)cc4C3(C)C)C2=[N+](c2ccccc2)c2ccccc2)C(C)(C)c2cc(C)ccc21. The first-order valence-corrected chi connectivity index (χ1v) is 20.7. The molecule has 0 radical (unpaired) electrons. The van der Waals surface area contributed by atoms with Crippen molar-refractivity contribution in [3.8, 4) is 0 Å². The second-order valence-electron chi connectivity index (χ2n) is 17.0. The van der Waals surface area contributed by atoms with E-state index in [1.165, 1.54) is 67.7 Å². The summed E-state index contributed by atoms with van der Waals surface area (Å²) in [5, 5.41) is 0. The summed E-state index contributed by atoms with van der Waals surface area (Å²) in [6.45, 7) is 17.4. The van der Waals surface area contributed by atoms with Crippen LogP contribution in [-0.4, -0.2) is 46.2 Å². The van der Waals surface area contributed by atoms with Crippen LogP contribution >= 0.6 is 0 Å². The van der Waals surface area contributed by atoms with Gasteiger partial charge in [-0.1, -0.05) is 112 Å². The average molecular weight is 749 g/mol. The maximum Gasteiger partial charge on any atom is 0.211 e. The highest BCUT2D eigenvalue weighted by Gasteiger charge is 2.43. The molecule has 0 saturated heterocycles. The number of nitrogens with zero attached hydrogens (tertiary/aromatic N) is 3. The molecule has 5 heteroatoms. The fourth-order valence-electron chi connectivity index (χ4n) is 9.46. The van der Waals surface area contributed by atoms with E-state index in [2.05, 4.69) is 171 Å². The van der Waals surface area contributed by atoms with Gasteiger partial charge >= 0.3 is 0 Å². The van der Waals surface area contributed by atoms with Gasteiger partial charge in [-0.2, -0.15) is 4.58 Å². The topological polar surface area (TPSA) is 28.0 Å². The van der Waals surface area contributed by atoms with Crippen molar-refractivity contribution in [2.75, 3.05) is 50.3 Å². The van der Waals surface area contributed by atoms with E-state index < -0.39 is 0 Å². The molecule has 1 aliphatic carbocycles. The molecule has 2 aliphatic heterocycles. The molecular weight excluding hydrogens is 687 g/mol. The maximum atomic E-state index is 5.53. The zero-order valence-corrected chi connectivity index (χ0v) is 35.1. The van der Waals surface area contributed by atoms with Crippen molar-refractivity contribution in [1.82, 2.24) is 4.58 Å². The predicted molar refractivity (Wildman–Crippen MR) is 237 cm³/mol. The fraction of sp³-hybridized carbons (Fsp3) is 0.392. The molecular formula is C51H62N3O2+. The van der Waals surface area contributed by atoms with E-state index in [1.54, 1.807) is 14.2 Å². The average Bonchev–Trinajstić information content (AvgIpc) is 3.75. The summed E-state index contributed by atoms with van der Waals surface area (Å²) in [6, 6.07) is 35.9. The van der Waals surface area contributed by atoms with Crippen molar-refractivity contribution < 1.29 is 9.47 Å². The van der Waals surface area contributed by atoms with Crippen molar-refractivity contribution in [1.29, 1.82) is 0 Å². The number of allylic oxidation sites excluding steroid dienone is 6. The van der Waals surface area contributed by atoms with Crippen LogP contribution in [0.3, 0.4) is 0 Å². The Morgan fingerprint density at radius 3 is 1.68 bits per heavy atom. The van der Waals surface area contributed by atoms with Gasteiger partial charge in [0.15, 0.2) is 5.71 Å². The minimum absolute atomic E-state index is 0.0947. The Balaban J connectivity index is 1.35. The van der Waals surface area contributed by atoms with Gasteiger partial charge in [0.05, 0.1) is 0 Å². The number of para-hydroxylation sites is 2. The standard InChI is InChI=1S/C51H62N3O2/c1-37-21-27-45-43(35-37)50(3,4)47(52(45)31-15-33-55-7)29-25-39-23-24-40(49(39)54(41-17-11-9-12-18-41)42-19-13-10-14-20-42)26-30-48-51(5,6)44-36-38(2)22-28-46(44)53(48)32-16-34-56-8/h9-14,17-22,25,27-30,35-36,40H,15-16,23-24,26,31-34H2,1-8H3/q+1. The van der Waals surface area contributed by atoms with Crippen LogP contribution in [0.25, 0.3) is 0 Å². The van der Waals surface area contributed by atoms with Gasteiger partial charge in [0.2, 0.25) is 11.4 Å². The molecule has 1 unspecified atom stereocenters. The van der Waals surface area contributed by atoms with E-state index in [-0.39, 0.29) is 10.8 Å². The van der Waals surface area contributed by atoms with E-state index in [1.807, 2.05) is 0 Å². The fourth-order valence-corrected chi connectivity index (χ4v) is 9.46. The van der Waals surface area contributed by atoms with Crippen molar-refractivity contribution >= 4 is 28.5 Å². The van der Waals surface area contributed by atoms with E-state index in [9.17, 15) is 0 Å². The predicted octanol–water partition coefficient (Wildman–Crippen LogP) is 11.7. The second kappa shape index (κ2) is 16.8. The van der Waals surface area contributed by atoms with Crippen LogP contribution in [0.4, 0.5) is 22.7 Å². The lowest BCUT2D eigenvalue weighted by molar-refractivity contribution is 0.196. The van der Waals surface area contributed by atoms with Gasteiger partial charge in [-0.15, -0.1) is 0 Å². The van der Waals surface area contributed by atoms with Crippen LogP contribution < -0.4 is 14.4 Å². The molecule has 5 nitrogen and oxygen atoms in total. The molecule has 0 spiro atoms. The Morgan fingerprint density at radius 2 is 1.16 bits per heavy atom. The normalized spacial score (nSPS) is 20.4. The number of hydrogen-bond acceptors (Lipinski definition) is 4. The summed E-state index contributed by atoms with van der Waals surface area (Å²) in [6.07, 6.45) is 12.5. The van der Waals surface area contributed by atoms with E-state index in [0.29, 0.717) is 5.92 Å². The van der Waals surface area contributed by atoms with Gasteiger partial charge in [0.1, 0.15) is 0 Å². The molecule has 0 bridgehead atoms. The van der Waals surface area contributed by atoms with Crippen molar-refractivity contribution in [2.45, 2.75) is 84.5 Å². The van der Waals surface area contributed by atoms with Gasteiger partial charge in [0.25, 0.3) is 0 Å². The first-order valence-electron chi connectivity index (χ1n) is 20.7. The van der Waals surface area contributed by atoms with Crippen LogP contribution in [-0.2, 0) is 20.3 Å². The summed E-state index contributed by atoms with van der Waals surface area (Å²) < 4.78 is 13.6. The summed E-state index contributed by atoms with van der Waals surface area (Å²) >= 11 is 0. The lowest BCUT2D eigenvalue weighted by Gasteiger charge is -2.28. The highest BCUT2D eigenvalue weighted by molar-refractivity contribution is 6.07. The molecule has 1 atom stereocenters. The molecule has 2 heterocycles. The quantitative estimate of drug-likeness (QED) is 0.101. The number of benzene rings is 4. The second-order valence-corrected chi connectivity index (χ2v) is 17.0. The summed E-state index contributed by atoms with van der Waals surface area (Å²) in [5.41, 5.74) is 15.9. The van der Waals surface area contributed by atoms with Crippen LogP contribution in [0.5, 0.6) is 0 Å². The van der Waals surface area contributed by atoms with Crippen LogP contribution in [0.1, 0.15) is 82.1 Å². The van der Waals surface area contributed by atoms with Gasteiger partial charge in [-0.25, -0.2) is 0 Å². The third kappa shape index (κ3) is 7.69. The van der Waals surface area contributed by atoms with Gasteiger partial charge in [-0.3, -0.25) is 0 Å². The van der Waals surface area contributed by atoms with Crippen molar-refractivity contribution in [3.63, 3.8) is 0 Å². The molecule has 4 aromatic rings. The Labute approximate surface area is 336 Å². The van der Waals surface area contributed by atoms with Crippen molar-refractivity contribution in [2.24, 2.45) is 5.92 Å². The van der Waals surface area contributed by atoms with E-state index >= 15 is 0 Å². The number of methoxy groups -OCH3 is 2. The number of aryl methyl sites for hydroxylation is 2. The summed E-state index contributed by atoms with van der Waals surface area (Å²) in [4.78, 5) is 5.13. The minimum Gasteiger partial charge on any atom is -0.385 e. The number of anilines is 2. The first-order chi connectivity index (χ1) is 27.1.